The van der Waals surface area contributed by atoms with E-state index in [0.29, 0.717) is 0 Å². The number of hydrogen-bond donors (Lipinski definition) is 2. The summed E-state index contributed by atoms with van der Waals surface area (Å²) in [7, 11) is 1.73. The van der Waals surface area contributed by atoms with Crippen molar-refractivity contribution in [3.63, 3.8) is 0 Å². The summed E-state index contributed by atoms with van der Waals surface area (Å²) in [6.07, 6.45) is 3.17. The summed E-state index contributed by atoms with van der Waals surface area (Å²) in [5.74, 6) is -0.206. The minimum absolute atomic E-state index is 0. The second-order valence-electron chi connectivity index (χ2n) is 5.60. The van der Waals surface area contributed by atoms with Crippen LogP contribution >= 0.6 is 12.4 Å². The van der Waals surface area contributed by atoms with Crippen molar-refractivity contribution in [2.24, 2.45) is 11.7 Å². The Bertz CT molecular complexity index is 441. The SMILES string of the molecule is COC1CCC(NC(=O)C(C)C(N)c2ccccc2)C1.Cl. The van der Waals surface area contributed by atoms with E-state index < -0.39 is 0 Å². The summed E-state index contributed by atoms with van der Waals surface area (Å²) in [6, 6.07) is 9.72. The molecule has 1 aromatic rings. The molecule has 0 aromatic heterocycles. The fourth-order valence-electron chi connectivity index (χ4n) is 2.74. The van der Waals surface area contributed by atoms with Gasteiger partial charge in [0.05, 0.1) is 12.0 Å². The lowest BCUT2D eigenvalue weighted by Gasteiger charge is -2.22. The molecule has 0 radical (unpaired) electrons. The molecule has 118 valence electrons. The molecular weight excluding hydrogens is 288 g/mol. The molecule has 3 N–H and O–H groups in total. The number of ether oxygens (including phenoxy) is 1. The fourth-order valence-corrected chi connectivity index (χ4v) is 2.74. The molecule has 0 heterocycles. The molecule has 1 aromatic carbocycles. The van der Waals surface area contributed by atoms with Gasteiger partial charge in [-0.1, -0.05) is 37.3 Å². The van der Waals surface area contributed by atoms with Crippen molar-refractivity contribution >= 4 is 18.3 Å². The molecule has 0 bridgehead atoms. The molecule has 4 unspecified atom stereocenters. The van der Waals surface area contributed by atoms with E-state index in [0.717, 1.165) is 24.8 Å². The van der Waals surface area contributed by atoms with Crippen LogP contribution in [0.2, 0.25) is 0 Å². The van der Waals surface area contributed by atoms with Crippen LogP contribution in [0.5, 0.6) is 0 Å². The second kappa shape index (κ2) is 8.37. The number of benzene rings is 1. The largest absolute Gasteiger partial charge is 0.381 e. The van der Waals surface area contributed by atoms with Crippen LogP contribution in [0.3, 0.4) is 0 Å². The number of methoxy groups -OCH3 is 1. The predicted octanol–water partition coefficient (Wildman–Crippen LogP) is 2.43. The minimum Gasteiger partial charge on any atom is -0.381 e. The quantitative estimate of drug-likeness (QED) is 0.877. The molecule has 2 rings (SSSR count). The average molecular weight is 313 g/mol. The number of carbonyl (C=O) groups is 1. The topological polar surface area (TPSA) is 64.3 Å². The smallest absolute Gasteiger partial charge is 0.224 e. The zero-order chi connectivity index (χ0) is 14.5. The number of hydrogen-bond acceptors (Lipinski definition) is 3. The average Bonchev–Trinajstić information content (AvgIpc) is 2.94. The summed E-state index contributed by atoms with van der Waals surface area (Å²) in [4.78, 5) is 12.3. The predicted molar refractivity (Wildman–Crippen MR) is 86.4 cm³/mol. The third-order valence-corrected chi connectivity index (χ3v) is 4.20. The summed E-state index contributed by atoms with van der Waals surface area (Å²) < 4.78 is 5.32. The number of nitrogens with two attached hydrogens (primary N) is 1. The third kappa shape index (κ3) is 4.70. The van der Waals surface area contributed by atoms with Crippen molar-refractivity contribution < 1.29 is 9.53 Å². The summed E-state index contributed by atoms with van der Waals surface area (Å²) in [5.41, 5.74) is 7.18. The van der Waals surface area contributed by atoms with E-state index in [1.165, 1.54) is 0 Å². The Morgan fingerprint density at radius 1 is 1.33 bits per heavy atom. The Hall–Kier alpha value is -1.10. The Kier molecular flexibility index (Phi) is 7.15. The molecule has 1 fully saturated rings. The first-order valence-electron chi connectivity index (χ1n) is 7.25. The van der Waals surface area contributed by atoms with E-state index in [4.69, 9.17) is 10.5 Å². The van der Waals surface area contributed by atoms with Gasteiger partial charge in [-0.05, 0) is 24.8 Å². The maximum Gasteiger partial charge on any atom is 0.224 e. The lowest BCUT2D eigenvalue weighted by atomic mass is 9.94. The van der Waals surface area contributed by atoms with Crippen LogP contribution < -0.4 is 11.1 Å². The highest BCUT2D eigenvalue weighted by Gasteiger charge is 2.29. The summed E-state index contributed by atoms with van der Waals surface area (Å²) in [6.45, 7) is 1.88. The van der Waals surface area contributed by atoms with Crippen LogP contribution in [0.4, 0.5) is 0 Å². The van der Waals surface area contributed by atoms with Crippen molar-refractivity contribution in [3.8, 4) is 0 Å². The highest BCUT2D eigenvalue weighted by atomic mass is 35.5. The molecule has 4 nitrogen and oxygen atoms in total. The van der Waals surface area contributed by atoms with Crippen molar-refractivity contribution in [3.05, 3.63) is 35.9 Å². The molecule has 1 aliphatic carbocycles. The lowest BCUT2D eigenvalue weighted by molar-refractivity contribution is -0.125. The number of amides is 1. The first-order chi connectivity index (χ1) is 9.61. The van der Waals surface area contributed by atoms with Crippen LogP contribution in [-0.2, 0) is 9.53 Å². The molecular formula is C16H25ClN2O2. The fraction of sp³-hybridized carbons (Fsp3) is 0.562. The van der Waals surface area contributed by atoms with Crippen molar-refractivity contribution in [1.29, 1.82) is 0 Å². The molecule has 0 spiro atoms. The summed E-state index contributed by atoms with van der Waals surface area (Å²) >= 11 is 0. The lowest BCUT2D eigenvalue weighted by Crippen LogP contribution is -2.40. The van der Waals surface area contributed by atoms with Gasteiger partial charge in [0, 0.05) is 19.2 Å². The van der Waals surface area contributed by atoms with Gasteiger partial charge < -0.3 is 15.8 Å². The van der Waals surface area contributed by atoms with E-state index in [9.17, 15) is 4.79 Å². The Morgan fingerprint density at radius 2 is 2.00 bits per heavy atom. The molecule has 1 saturated carbocycles. The van der Waals surface area contributed by atoms with Crippen molar-refractivity contribution in [2.75, 3.05) is 7.11 Å². The highest BCUT2D eigenvalue weighted by Crippen LogP contribution is 2.23. The third-order valence-electron chi connectivity index (χ3n) is 4.20. The van der Waals surface area contributed by atoms with E-state index in [2.05, 4.69) is 5.32 Å². The molecule has 4 atom stereocenters. The van der Waals surface area contributed by atoms with E-state index in [1.807, 2.05) is 37.3 Å². The maximum absolute atomic E-state index is 12.3. The normalized spacial score (nSPS) is 24.0. The highest BCUT2D eigenvalue weighted by molar-refractivity contribution is 5.85. The molecule has 5 heteroatoms. The van der Waals surface area contributed by atoms with Gasteiger partial charge in [0.1, 0.15) is 0 Å². The van der Waals surface area contributed by atoms with Crippen LogP contribution in [0.1, 0.15) is 37.8 Å². The molecule has 21 heavy (non-hydrogen) atoms. The molecule has 1 aliphatic rings. The monoisotopic (exact) mass is 312 g/mol. The second-order valence-corrected chi connectivity index (χ2v) is 5.60. The Morgan fingerprint density at radius 3 is 2.57 bits per heavy atom. The van der Waals surface area contributed by atoms with Gasteiger partial charge in [0.15, 0.2) is 0 Å². The number of rotatable bonds is 5. The first kappa shape index (κ1) is 18.0. The van der Waals surface area contributed by atoms with Gasteiger partial charge in [-0.3, -0.25) is 4.79 Å². The zero-order valence-corrected chi connectivity index (χ0v) is 13.4. The van der Waals surface area contributed by atoms with Gasteiger partial charge in [-0.15, -0.1) is 12.4 Å². The van der Waals surface area contributed by atoms with Gasteiger partial charge in [0.2, 0.25) is 5.91 Å². The van der Waals surface area contributed by atoms with Gasteiger partial charge >= 0.3 is 0 Å². The van der Waals surface area contributed by atoms with Gasteiger partial charge in [-0.25, -0.2) is 0 Å². The summed E-state index contributed by atoms with van der Waals surface area (Å²) in [5, 5.41) is 3.09. The first-order valence-corrected chi connectivity index (χ1v) is 7.25. The Balaban J connectivity index is 0.00000220. The standard InChI is InChI=1S/C16H24N2O2.ClH/c1-11(15(17)12-6-4-3-5-7-12)16(19)18-13-8-9-14(10-13)20-2;/h3-7,11,13-15H,8-10,17H2,1-2H3,(H,18,19);1H. The van der Waals surface area contributed by atoms with E-state index in [1.54, 1.807) is 7.11 Å². The van der Waals surface area contributed by atoms with Crippen LogP contribution in [0.25, 0.3) is 0 Å². The van der Waals surface area contributed by atoms with Crippen molar-refractivity contribution in [2.45, 2.75) is 44.4 Å². The number of halogens is 1. The number of nitrogens with one attached hydrogen (secondary N) is 1. The van der Waals surface area contributed by atoms with Crippen LogP contribution in [-0.4, -0.2) is 25.2 Å². The molecule has 0 saturated heterocycles. The zero-order valence-electron chi connectivity index (χ0n) is 12.6. The van der Waals surface area contributed by atoms with Crippen LogP contribution in [0.15, 0.2) is 30.3 Å². The van der Waals surface area contributed by atoms with Crippen LogP contribution in [0, 0.1) is 5.92 Å². The van der Waals surface area contributed by atoms with Gasteiger partial charge in [0.25, 0.3) is 0 Å². The maximum atomic E-state index is 12.3. The van der Waals surface area contributed by atoms with E-state index >= 15 is 0 Å². The molecule has 1 amide bonds. The number of carbonyl (C=O) groups excluding carboxylic acids is 1. The minimum atomic E-state index is -0.268. The van der Waals surface area contributed by atoms with E-state index in [-0.39, 0.29) is 42.4 Å². The van der Waals surface area contributed by atoms with Gasteiger partial charge in [-0.2, -0.15) is 0 Å². The molecule has 0 aliphatic heterocycles. The Labute approximate surface area is 132 Å². The van der Waals surface area contributed by atoms with Crippen molar-refractivity contribution in [1.82, 2.24) is 5.32 Å².